The van der Waals surface area contributed by atoms with Crippen molar-refractivity contribution in [2.45, 2.75) is 17.7 Å². The topological polar surface area (TPSA) is 57.5 Å². The summed E-state index contributed by atoms with van der Waals surface area (Å²) in [4.78, 5) is 9.80. The van der Waals surface area contributed by atoms with E-state index >= 15 is 0 Å². The summed E-state index contributed by atoms with van der Waals surface area (Å²) in [6, 6.07) is 0. The number of halogens is 4. The Morgan fingerprint density at radius 1 is 1.45 bits per heavy atom. The fourth-order valence-electron chi connectivity index (χ4n) is 0.301. The van der Waals surface area contributed by atoms with Crippen LogP contribution in [-0.4, -0.2) is 33.8 Å². The molecule has 0 bridgehead atoms. The molecule has 0 aromatic carbocycles. The molecule has 66 valence electrons. The standard InChI is InChI=1S/C4H4ClF3O3/c5-1(3(10)11)2(9)4(6,7)8/h1-2,9H,(H,10,11). The second-order valence-electron chi connectivity index (χ2n) is 1.73. The van der Waals surface area contributed by atoms with E-state index in [0.717, 1.165) is 0 Å². The van der Waals surface area contributed by atoms with Gasteiger partial charge in [0, 0.05) is 0 Å². The minimum Gasteiger partial charge on any atom is -0.480 e. The summed E-state index contributed by atoms with van der Waals surface area (Å²) < 4.78 is 34.4. The summed E-state index contributed by atoms with van der Waals surface area (Å²) in [7, 11) is 0. The first kappa shape index (κ1) is 10.5. The van der Waals surface area contributed by atoms with E-state index < -0.39 is 23.6 Å². The van der Waals surface area contributed by atoms with Crippen LogP contribution in [0.15, 0.2) is 0 Å². The van der Waals surface area contributed by atoms with Gasteiger partial charge >= 0.3 is 12.1 Å². The number of rotatable bonds is 2. The minimum atomic E-state index is -5.00. The molecule has 0 aromatic rings. The Morgan fingerprint density at radius 2 is 1.82 bits per heavy atom. The van der Waals surface area contributed by atoms with E-state index in [1.165, 1.54) is 0 Å². The number of hydrogen-bond acceptors (Lipinski definition) is 2. The molecule has 2 unspecified atom stereocenters. The molecule has 0 saturated heterocycles. The van der Waals surface area contributed by atoms with Crippen molar-refractivity contribution in [3.05, 3.63) is 0 Å². The van der Waals surface area contributed by atoms with Gasteiger partial charge in [-0.05, 0) is 0 Å². The van der Waals surface area contributed by atoms with Crippen LogP contribution in [0, 0.1) is 0 Å². The summed E-state index contributed by atoms with van der Waals surface area (Å²) in [6.07, 6.45) is -8.02. The van der Waals surface area contributed by atoms with Crippen LogP contribution < -0.4 is 0 Å². The summed E-state index contributed by atoms with van der Waals surface area (Å²) in [6.45, 7) is 0. The molecule has 0 saturated carbocycles. The molecule has 0 aromatic heterocycles. The van der Waals surface area contributed by atoms with Crippen molar-refractivity contribution in [3.63, 3.8) is 0 Å². The molecule has 0 fully saturated rings. The summed E-state index contributed by atoms with van der Waals surface area (Å²) >= 11 is 4.68. The molecule has 0 aliphatic heterocycles. The lowest BCUT2D eigenvalue weighted by Gasteiger charge is -2.15. The molecule has 0 spiro atoms. The fourth-order valence-corrected chi connectivity index (χ4v) is 0.444. The fraction of sp³-hybridized carbons (Fsp3) is 0.750. The Bertz CT molecular complexity index is 157. The van der Waals surface area contributed by atoms with Gasteiger partial charge in [0.2, 0.25) is 0 Å². The van der Waals surface area contributed by atoms with E-state index in [1.807, 2.05) is 0 Å². The first-order chi connectivity index (χ1) is 4.76. The van der Waals surface area contributed by atoms with Gasteiger partial charge in [-0.1, -0.05) is 0 Å². The highest BCUT2D eigenvalue weighted by atomic mass is 35.5. The van der Waals surface area contributed by atoms with Crippen molar-refractivity contribution in [3.8, 4) is 0 Å². The van der Waals surface area contributed by atoms with Crippen molar-refractivity contribution in [2.75, 3.05) is 0 Å². The lowest BCUT2D eigenvalue weighted by Crippen LogP contribution is -2.40. The van der Waals surface area contributed by atoms with Crippen LogP contribution in [0.2, 0.25) is 0 Å². The maximum absolute atomic E-state index is 11.5. The molecule has 0 amide bonds. The second kappa shape index (κ2) is 3.27. The number of carbonyl (C=O) groups is 1. The molecular formula is C4H4ClF3O3. The number of hydrogen-bond donors (Lipinski definition) is 2. The Labute approximate surface area is 64.4 Å². The Morgan fingerprint density at radius 3 is 1.91 bits per heavy atom. The highest BCUT2D eigenvalue weighted by Crippen LogP contribution is 2.24. The molecule has 2 atom stereocenters. The van der Waals surface area contributed by atoms with Crippen molar-refractivity contribution in [1.29, 1.82) is 0 Å². The lowest BCUT2D eigenvalue weighted by atomic mass is 10.2. The first-order valence-corrected chi connectivity index (χ1v) is 2.82. The maximum atomic E-state index is 11.5. The smallest absolute Gasteiger partial charge is 0.416 e. The van der Waals surface area contributed by atoms with Gasteiger partial charge < -0.3 is 10.2 Å². The van der Waals surface area contributed by atoms with Gasteiger partial charge in [0.1, 0.15) is 0 Å². The van der Waals surface area contributed by atoms with Gasteiger partial charge in [-0.15, -0.1) is 11.6 Å². The van der Waals surface area contributed by atoms with E-state index in [0.29, 0.717) is 0 Å². The number of carboxylic acid groups (broad SMARTS) is 1. The monoisotopic (exact) mass is 192 g/mol. The highest BCUT2D eigenvalue weighted by Gasteiger charge is 2.45. The predicted molar refractivity (Wildman–Crippen MR) is 29.3 cm³/mol. The van der Waals surface area contributed by atoms with Crippen molar-refractivity contribution >= 4 is 17.6 Å². The third-order valence-corrected chi connectivity index (χ3v) is 1.27. The average molecular weight is 193 g/mol. The van der Waals surface area contributed by atoms with Crippen LogP contribution in [0.4, 0.5) is 13.2 Å². The minimum absolute atomic E-state index is 1.91. The molecule has 0 aliphatic carbocycles. The Kier molecular flexibility index (Phi) is 3.13. The third-order valence-electron chi connectivity index (χ3n) is 0.848. The molecule has 0 heterocycles. The van der Waals surface area contributed by atoms with Gasteiger partial charge in [-0.2, -0.15) is 13.2 Å². The molecule has 7 heteroatoms. The van der Waals surface area contributed by atoms with Crippen LogP contribution in [0.1, 0.15) is 0 Å². The number of aliphatic hydroxyl groups is 1. The average Bonchev–Trinajstić information content (AvgIpc) is 1.82. The van der Waals surface area contributed by atoms with Crippen LogP contribution in [0.3, 0.4) is 0 Å². The zero-order chi connectivity index (χ0) is 9.23. The molecule has 0 radical (unpaired) electrons. The van der Waals surface area contributed by atoms with Crippen LogP contribution >= 0.6 is 11.6 Å². The van der Waals surface area contributed by atoms with E-state index in [2.05, 4.69) is 11.6 Å². The summed E-state index contributed by atoms with van der Waals surface area (Å²) in [5.41, 5.74) is 0. The second-order valence-corrected chi connectivity index (χ2v) is 2.20. The molecular weight excluding hydrogens is 188 g/mol. The maximum Gasteiger partial charge on any atom is 0.416 e. The molecule has 0 aliphatic rings. The van der Waals surface area contributed by atoms with Crippen molar-refractivity contribution < 1.29 is 28.2 Å². The molecule has 3 nitrogen and oxygen atoms in total. The largest absolute Gasteiger partial charge is 0.480 e. The lowest BCUT2D eigenvalue weighted by molar-refractivity contribution is -0.207. The first-order valence-electron chi connectivity index (χ1n) is 2.38. The third kappa shape index (κ3) is 2.94. The van der Waals surface area contributed by atoms with Gasteiger partial charge in [-0.3, -0.25) is 4.79 Å². The molecule has 11 heavy (non-hydrogen) atoms. The van der Waals surface area contributed by atoms with Gasteiger partial charge in [0.05, 0.1) is 0 Å². The zero-order valence-corrected chi connectivity index (χ0v) is 5.73. The summed E-state index contributed by atoms with van der Waals surface area (Å²) in [5.74, 6) is -1.91. The van der Waals surface area contributed by atoms with E-state index in [-0.39, 0.29) is 0 Å². The summed E-state index contributed by atoms with van der Waals surface area (Å²) in [5, 5.41) is 13.8. The van der Waals surface area contributed by atoms with Gasteiger partial charge in [-0.25, -0.2) is 0 Å². The van der Waals surface area contributed by atoms with Crippen molar-refractivity contribution in [1.82, 2.24) is 0 Å². The Balaban J connectivity index is 4.25. The van der Waals surface area contributed by atoms with Crippen LogP contribution in [0.25, 0.3) is 0 Å². The zero-order valence-electron chi connectivity index (χ0n) is 4.97. The quantitative estimate of drug-likeness (QED) is 0.630. The Hall–Kier alpha value is -0.490. The SMILES string of the molecule is O=C(O)C(Cl)C(O)C(F)(F)F. The number of alkyl halides is 4. The molecule has 2 N–H and O–H groups in total. The van der Waals surface area contributed by atoms with Gasteiger partial charge in [0.25, 0.3) is 0 Å². The van der Waals surface area contributed by atoms with Crippen LogP contribution in [0.5, 0.6) is 0 Å². The van der Waals surface area contributed by atoms with Crippen molar-refractivity contribution in [2.24, 2.45) is 0 Å². The number of aliphatic hydroxyl groups excluding tert-OH is 1. The van der Waals surface area contributed by atoms with Crippen LogP contribution in [-0.2, 0) is 4.79 Å². The van der Waals surface area contributed by atoms with E-state index in [4.69, 9.17) is 10.2 Å². The van der Waals surface area contributed by atoms with E-state index in [9.17, 15) is 18.0 Å². The van der Waals surface area contributed by atoms with Gasteiger partial charge in [0.15, 0.2) is 11.5 Å². The van der Waals surface area contributed by atoms with E-state index in [1.54, 1.807) is 0 Å². The number of carboxylic acids is 1. The normalized spacial score (nSPS) is 17.5. The highest BCUT2D eigenvalue weighted by molar-refractivity contribution is 6.30. The molecule has 0 rings (SSSR count). The predicted octanol–water partition coefficient (Wildman–Crippen LogP) is 0.602. The number of aliphatic carboxylic acids is 1.